The number of nitrogens with one attached hydrogen (secondary N) is 1. The van der Waals surface area contributed by atoms with Gasteiger partial charge in [0.25, 0.3) is 0 Å². The third kappa shape index (κ3) is 3.00. The molecule has 0 heterocycles. The number of carbonyl (C=O) groups is 1. The van der Waals surface area contributed by atoms with Gasteiger partial charge in [-0.25, -0.2) is 0 Å². The molecule has 0 saturated carbocycles. The predicted molar refractivity (Wildman–Crippen MR) is 61.4 cm³/mol. The van der Waals surface area contributed by atoms with E-state index in [1.165, 1.54) is 0 Å². The van der Waals surface area contributed by atoms with E-state index in [1.54, 1.807) is 0 Å². The van der Waals surface area contributed by atoms with Crippen LogP contribution in [0.5, 0.6) is 0 Å². The number of halogens is 2. The zero-order valence-corrected chi connectivity index (χ0v) is 10.1. The van der Waals surface area contributed by atoms with Crippen LogP contribution in [0, 0.1) is 0 Å². The van der Waals surface area contributed by atoms with Crippen molar-refractivity contribution in [2.45, 2.75) is 13.0 Å². The Kier molecular flexibility index (Phi) is 4.42. The van der Waals surface area contributed by atoms with Crippen molar-refractivity contribution < 1.29 is 4.79 Å². The molecule has 0 bridgehead atoms. The van der Waals surface area contributed by atoms with Gasteiger partial charge in [-0.2, -0.15) is 0 Å². The molecule has 1 atom stereocenters. The highest BCUT2D eigenvalue weighted by Crippen LogP contribution is 2.22. The summed E-state index contributed by atoms with van der Waals surface area (Å²) in [6.07, 6.45) is 0. The van der Waals surface area contributed by atoms with Gasteiger partial charge < -0.3 is 5.32 Å². The lowest BCUT2D eigenvalue weighted by Gasteiger charge is -2.14. The molecule has 1 aromatic rings. The van der Waals surface area contributed by atoms with Crippen LogP contribution < -0.4 is 5.32 Å². The highest BCUT2D eigenvalue weighted by molar-refractivity contribution is 9.10. The summed E-state index contributed by atoms with van der Waals surface area (Å²) in [5.41, 5.74) is 1.05. The Labute approximate surface area is 96.8 Å². The summed E-state index contributed by atoms with van der Waals surface area (Å²) in [6, 6.07) is 7.74. The second kappa shape index (κ2) is 5.37. The van der Waals surface area contributed by atoms with Crippen molar-refractivity contribution in [3.63, 3.8) is 0 Å². The molecule has 14 heavy (non-hydrogen) atoms. The molecule has 0 fully saturated rings. The maximum atomic E-state index is 11.0. The topological polar surface area (TPSA) is 29.1 Å². The summed E-state index contributed by atoms with van der Waals surface area (Å²) in [5, 5.41) is 2.79. The van der Waals surface area contributed by atoms with Crippen molar-refractivity contribution in [1.82, 2.24) is 5.32 Å². The van der Waals surface area contributed by atoms with E-state index in [2.05, 4.69) is 21.2 Å². The summed E-state index contributed by atoms with van der Waals surface area (Å²) in [6.45, 7) is 1.92. The van der Waals surface area contributed by atoms with E-state index in [-0.39, 0.29) is 17.8 Å². The summed E-state index contributed by atoms with van der Waals surface area (Å²) in [7, 11) is 0. The van der Waals surface area contributed by atoms with Crippen LogP contribution >= 0.6 is 27.5 Å². The highest BCUT2D eigenvalue weighted by atomic mass is 79.9. The number of alkyl halides is 1. The lowest BCUT2D eigenvalue weighted by Crippen LogP contribution is -2.27. The first-order valence-corrected chi connectivity index (χ1v) is 5.57. The molecule has 0 aromatic heterocycles. The Morgan fingerprint density at radius 2 is 2.21 bits per heavy atom. The first kappa shape index (κ1) is 11.5. The minimum Gasteiger partial charge on any atom is -0.349 e. The summed E-state index contributed by atoms with van der Waals surface area (Å²) < 4.78 is 0.988. The van der Waals surface area contributed by atoms with Gasteiger partial charge in [0.2, 0.25) is 5.91 Å². The number of amides is 1. The lowest BCUT2D eigenvalue weighted by molar-refractivity contribution is -0.119. The van der Waals surface area contributed by atoms with Crippen molar-refractivity contribution in [3.8, 4) is 0 Å². The largest absolute Gasteiger partial charge is 0.349 e. The monoisotopic (exact) mass is 275 g/mol. The van der Waals surface area contributed by atoms with E-state index in [1.807, 2.05) is 31.2 Å². The number of benzene rings is 1. The van der Waals surface area contributed by atoms with E-state index >= 15 is 0 Å². The van der Waals surface area contributed by atoms with Gasteiger partial charge in [-0.05, 0) is 18.6 Å². The molecule has 1 aromatic carbocycles. The third-order valence-corrected chi connectivity index (χ3v) is 2.84. The van der Waals surface area contributed by atoms with Crippen LogP contribution in [0.1, 0.15) is 18.5 Å². The fourth-order valence-electron chi connectivity index (χ4n) is 1.18. The number of hydrogen-bond acceptors (Lipinski definition) is 1. The molecule has 0 spiro atoms. The first-order valence-electron chi connectivity index (χ1n) is 4.25. The lowest BCUT2D eigenvalue weighted by atomic mass is 10.1. The second-order valence-electron chi connectivity index (χ2n) is 2.94. The Bertz CT molecular complexity index is 330. The first-order chi connectivity index (χ1) is 6.65. The quantitative estimate of drug-likeness (QED) is 0.845. The average Bonchev–Trinajstić information content (AvgIpc) is 2.18. The molecule has 1 rings (SSSR count). The highest BCUT2D eigenvalue weighted by Gasteiger charge is 2.10. The summed E-state index contributed by atoms with van der Waals surface area (Å²) in [4.78, 5) is 11.0. The number of hydrogen-bond donors (Lipinski definition) is 1. The fourth-order valence-corrected chi connectivity index (χ4v) is 1.89. The zero-order chi connectivity index (χ0) is 10.6. The number of carbonyl (C=O) groups excluding carboxylic acids is 1. The molecule has 76 valence electrons. The van der Waals surface area contributed by atoms with Crippen LogP contribution in [-0.4, -0.2) is 11.8 Å². The standard InChI is InChI=1S/C10H11BrClNO/c1-7(13-10(14)6-12)8-4-2-3-5-9(8)11/h2-5,7H,6H2,1H3,(H,13,14)/t7-/m0/s1. The van der Waals surface area contributed by atoms with Crippen LogP contribution in [0.25, 0.3) is 0 Å². The zero-order valence-electron chi connectivity index (χ0n) is 7.76. The van der Waals surface area contributed by atoms with E-state index in [0.29, 0.717) is 0 Å². The average molecular weight is 277 g/mol. The smallest absolute Gasteiger partial charge is 0.235 e. The van der Waals surface area contributed by atoms with Crippen LogP contribution in [-0.2, 0) is 4.79 Å². The maximum absolute atomic E-state index is 11.0. The Balaban J connectivity index is 2.74. The van der Waals surface area contributed by atoms with Crippen molar-refractivity contribution in [2.75, 3.05) is 5.88 Å². The predicted octanol–water partition coefficient (Wildman–Crippen LogP) is 2.87. The Morgan fingerprint density at radius 3 is 2.79 bits per heavy atom. The van der Waals surface area contributed by atoms with Crippen LogP contribution in [0.3, 0.4) is 0 Å². The van der Waals surface area contributed by atoms with Crippen LogP contribution in [0.4, 0.5) is 0 Å². The molecule has 0 radical (unpaired) electrons. The molecular formula is C10H11BrClNO. The fraction of sp³-hybridized carbons (Fsp3) is 0.300. The van der Waals surface area contributed by atoms with E-state index in [0.717, 1.165) is 10.0 Å². The van der Waals surface area contributed by atoms with Crippen molar-refractivity contribution in [1.29, 1.82) is 0 Å². The molecule has 0 aliphatic carbocycles. The molecule has 1 N–H and O–H groups in total. The SMILES string of the molecule is C[C@H](NC(=O)CCl)c1ccccc1Br. The molecule has 2 nitrogen and oxygen atoms in total. The Hall–Kier alpha value is -0.540. The maximum Gasteiger partial charge on any atom is 0.235 e. The van der Waals surface area contributed by atoms with E-state index in [4.69, 9.17) is 11.6 Å². The van der Waals surface area contributed by atoms with Gasteiger partial charge in [0.1, 0.15) is 5.88 Å². The van der Waals surface area contributed by atoms with Gasteiger partial charge in [0.15, 0.2) is 0 Å². The Morgan fingerprint density at radius 1 is 1.57 bits per heavy atom. The summed E-state index contributed by atoms with van der Waals surface area (Å²) >= 11 is 8.82. The van der Waals surface area contributed by atoms with Crippen molar-refractivity contribution >= 4 is 33.4 Å². The second-order valence-corrected chi connectivity index (χ2v) is 4.07. The van der Waals surface area contributed by atoms with Gasteiger partial charge in [-0.1, -0.05) is 34.1 Å². The van der Waals surface area contributed by atoms with Crippen LogP contribution in [0.15, 0.2) is 28.7 Å². The minimum absolute atomic E-state index is 0.00517. The van der Waals surface area contributed by atoms with Crippen molar-refractivity contribution in [3.05, 3.63) is 34.3 Å². The van der Waals surface area contributed by atoms with Gasteiger partial charge in [0, 0.05) is 4.47 Å². The molecule has 0 aliphatic rings. The third-order valence-electron chi connectivity index (χ3n) is 1.87. The van der Waals surface area contributed by atoms with Gasteiger partial charge >= 0.3 is 0 Å². The van der Waals surface area contributed by atoms with Crippen LogP contribution in [0.2, 0.25) is 0 Å². The van der Waals surface area contributed by atoms with Gasteiger partial charge in [0.05, 0.1) is 6.04 Å². The van der Waals surface area contributed by atoms with E-state index in [9.17, 15) is 4.79 Å². The molecule has 4 heteroatoms. The molecular weight excluding hydrogens is 265 g/mol. The molecule has 0 saturated heterocycles. The summed E-state index contributed by atoms with van der Waals surface area (Å²) in [5.74, 6) is -0.163. The van der Waals surface area contributed by atoms with E-state index < -0.39 is 0 Å². The van der Waals surface area contributed by atoms with Gasteiger partial charge in [-0.3, -0.25) is 4.79 Å². The number of rotatable bonds is 3. The van der Waals surface area contributed by atoms with Crippen molar-refractivity contribution in [2.24, 2.45) is 0 Å². The normalized spacial score (nSPS) is 12.2. The molecule has 1 amide bonds. The minimum atomic E-state index is -0.157. The molecule has 0 unspecified atom stereocenters. The van der Waals surface area contributed by atoms with Gasteiger partial charge in [-0.15, -0.1) is 11.6 Å². The molecule has 0 aliphatic heterocycles.